The zero-order chi connectivity index (χ0) is 11.8. The zero-order valence-corrected chi connectivity index (χ0v) is 7.08. The minimum absolute atomic E-state index is 0.199. The second kappa shape index (κ2) is 3.30. The zero-order valence-electron chi connectivity index (χ0n) is 7.08. The first-order valence-corrected chi connectivity index (χ1v) is 3.57. The Balaban J connectivity index is 3.43. The van der Waals surface area contributed by atoms with Crippen LogP contribution in [0.5, 0.6) is 5.75 Å². The van der Waals surface area contributed by atoms with Crippen molar-refractivity contribution in [3.8, 4) is 5.75 Å². The van der Waals surface area contributed by atoms with Gasteiger partial charge in [-0.05, 0) is 0 Å². The maximum Gasteiger partial charge on any atom is 0.420 e. The van der Waals surface area contributed by atoms with Gasteiger partial charge < -0.3 is 10.8 Å². The van der Waals surface area contributed by atoms with Gasteiger partial charge in [-0.1, -0.05) is 0 Å². The predicted molar refractivity (Wildman–Crippen MR) is 44.2 cm³/mol. The van der Waals surface area contributed by atoms with E-state index in [0.717, 1.165) is 0 Å². The molecule has 8 heteroatoms. The Hall–Kier alpha value is -1.99. The molecule has 0 fully saturated rings. The van der Waals surface area contributed by atoms with Gasteiger partial charge in [0.15, 0.2) is 0 Å². The molecule has 0 aliphatic rings. The average Bonchev–Trinajstić information content (AvgIpc) is 2.00. The molecular weight excluding hydrogens is 217 g/mol. The Morgan fingerprint density at radius 3 is 2.33 bits per heavy atom. The van der Waals surface area contributed by atoms with Gasteiger partial charge in [-0.25, -0.2) is 0 Å². The lowest BCUT2D eigenvalue weighted by Gasteiger charge is -2.09. The van der Waals surface area contributed by atoms with Gasteiger partial charge in [0.2, 0.25) is 0 Å². The first-order valence-electron chi connectivity index (χ1n) is 3.57. The van der Waals surface area contributed by atoms with Crippen LogP contribution < -0.4 is 5.73 Å². The number of phenolic OH excluding ortho intramolecular Hbond substituents is 1. The molecule has 0 spiro atoms. The third-order valence-corrected chi connectivity index (χ3v) is 1.65. The van der Waals surface area contributed by atoms with E-state index >= 15 is 0 Å². The SMILES string of the molecule is Nc1cc(O)c(C(F)(F)F)cc1[N+](=O)[O-]. The van der Waals surface area contributed by atoms with Crippen LogP contribution in [0, 0.1) is 10.1 Å². The highest BCUT2D eigenvalue weighted by molar-refractivity contribution is 5.63. The summed E-state index contributed by atoms with van der Waals surface area (Å²) in [6.07, 6.45) is -4.86. The Morgan fingerprint density at radius 1 is 1.40 bits per heavy atom. The average molecular weight is 222 g/mol. The molecule has 15 heavy (non-hydrogen) atoms. The van der Waals surface area contributed by atoms with E-state index in [1.54, 1.807) is 0 Å². The van der Waals surface area contributed by atoms with Crippen LogP contribution in [-0.2, 0) is 6.18 Å². The highest BCUT2D eigenvalue weighted by Gasteiger charge is 2.36. The van der Waals surface area contributed by atoms with Crippen molar-refractivity contribution in [1.82, 2.24) is 0 Å². The molecule has 1 rings (SSSR count). The van der Waals surface area contributed by atoms with Crippen LogP contribution >= 0.6 is 0 Å². The van der Waals surface area contributed by atoms with Crippen LogP contribution in [0.25, 0.3) is 0 Å². The minimum Gasteiger partial charge on any atom is -0.507 e. The molecule has 0 unspecified atom stereocenters. The van der Waals surface area contributed by atoms with E-state index < -0.39 is 33.8 Å². The molecular formula is C7H5F3N2O3. The molecule has 3 N–H and O–H groups in total. The predicted octanol–water partition coefficient (Wildman–Crippen LogP) is 1.90. The molecule has 5 nitrogen and oxygen atoms in total. The lowest BCUT2D eigenvalue weighted by molar-refractivity contribution is -0.384. The first kappa shape index (κ1) is 11.1. The van der Waals surface area contributed by atoms with E-state index in [2.05, 4.69) is 0 Å². The van der Waals surface area contributed by atoms with E-state index in [4.69, 9.17) is 10.8 Å². The molecule has 0 amide bonds. The summed E-state index contributed by atoms with van der Waals surface area (Å²) in [5.74, 6) is -1.13. The standard InChI is InChI=1S/C7H5F3N2O3/c8-7(9,10)3-1-5(12(14)15)4(11)2-6(3)13/h1-2,13H,11H2. The maximum atomic E-state index is 12.2. The lowest BCUT2D eigenvalue weighted by Crippen LogP contribution is -2.07. The van der Waals surface area contributed by atoms with Gasteiger partial charge >= 0.3 is 6.18 Å². The molecule has 82 valence electrons. The van der Waals surface area contributed by atoms with Gasteiger partial charge in [0.25, 0.3) is 5.69 Å². The number of nitrogen functional groups attached to an aromatic ring is 1. The van der Waals surface area contributed by atoms with Crippen LogP contribution in [0.2, 0.25) is 0 Å². The van der Waals surface area contributed by atoms with Crippen molar-refractivity contribution in [1.29, 1.82) is 0 Å². The number of halogens is 3. The van der Waals surface area contributed by atoms with Crippen molar-refractivity contribution < 1.29 is 23.2 Å². The summed E-state index contributed by atoms with van der Waals surface area (Å²) in [5.41, 5.74) is 2.17. The van der Waals surface area contributed by atoms with Gasteiger partial charge in [0.05, 0.1) is 4.92 Å². The third kappa shape index (κ3) is 2.09. The summed E-state index contributed by atoms with van der Waals surface area (Å²) in [4.78, 5) is 9.24. The van der Waals surface area contributed by atoms with Gasteiger partial charge in [-0.15, -0.1) is 0 Å². The number of anilines is 1. The molecule has 0 atom stereocenters. The van der Waals surface area contributed by atoms with Gasteiger partial charge in [-0.2, -0.15) is 13.2 Å². The lowest BCUT2D eigenvalue weighted by atomic mass is 10.1. The van der Waals surface area contributed by atoms with Crippen LogP contribution in [-0.4, -0.2) is 10.0 Å². The smallest absolute Gasteiger partial charge is 0.420 e. The van der Waals surface area contributed by atoms with Gasteiger partial charge in [-0.3, -0.25) is 10.1 Å². The fourth-order valence-corrected chi connectivity index (χ4v) is 0.978. The third-order valence-electron chi connectivity index (χ3n) is 1.65. The number of hydrogen-bond acceptors (Lipinski definition) is 4. The Morgan fingerprint density at radius 2 is 1.93 bits per heavy atom. The Kier molecular flexibility index (Phi) is 2.44. The van der Waals surface area contributed by atoms with E-state index in [1.807, 2.05) is 0 Å². The van der Waals surface area contributed by atoms with Crippen molar-refractivity contribution in [2.24, 2.45) is 0 Å². The second-order valence-electron chi connectivity index (χ2n) is 2.68. The molecule has 0 aliphatic heterocycles. The summed E-state index contributed by atoms with van der Waals surface area (Å²) >= 11 is 0. The molecule has 0 heterocycles. The van der Waals surface area contributed by atoms with Crippen LogP contribution in [0.3, 0.4) is 0 Å². The number of rotatable bonds is 1. The molecule has 0 radical (unpaired) electrons. The number of aromatic hydroxyl groups is 1. The van der Waals surface area contributed by atoms with Gasteiger partial charge in [0.1, 0.15) is 17.0 Å². The molecule has 0 aliphatic carbocycles. The number of nitrogens with zero attached hydrogens (tertiary/aromatic N) is 1. The fraction of sp³-hybridized carbons (Fsp3) is 0.143. The number of nitrogens with two attached hydrogens (primary N) is 1. The number of nitro benzene ring substituents is 1. The topological polar surface area (TPSA) is 89.4 Å². The number of nitro groups is 1. The molecule has 0 saturated carbocycles. The molecule has 1 aromatic rings. The largest absolute Gasteiger partial charge is 0.507 e. The maximum absolute atomic E-state index is 12.2. The van der Waals surface area contributed by atoms with Crippen molar-refractivity contribution in [2.75, 3.05) is 5.73 Å². The van der Waals surface area contributed by atoms with E-state index in [1.165, 1.54) is 0 Å². The van der Waals surface area contributed by atoms with Crippen molar-refractivity contribution >= 4 is 11.4 Å². The monoisotopic (exact) mass is 222 g/mol. The highest BCUT2D eigenvalue weighted by Crippen LogP contribution is 2.40. The number of phenols is 1. The number of benzene rings is 1. The van der Waals surface area contributed by atoms with E-state index in [0.29, 0.717) is 6.07 Å². The van der Waals surface area contributed by atoms with Crippen molar-refractivity contribution in [2.45, 2.75) is 6.18 Å². The number of alkyl halides is 3. The quantitative estimate of drug-likeness (QED) is 0.431. The first-order chi connectivity index (χ1) is 6.73. The summed E-state index contributed by atoms with van der Waals surface area (Å²) < 4.78 is 36.6. The fourth-order valence-electron chi connectivity index (χ4n) is 0.978. The summed E-state index contributed by atoms with van der Waals surface area (Å²) in [5, 5.41) is 19.2. The second-order valence-corrected chi connectivity index (χ2v) is 2.68. The molecule has 0 saturated heterocycles. The van der Waals surface area contributed by atoms with E-state index in [-0.39, 0.29) is 6.07 Å². The summed E-state index contributed by atoms with van der Waals surface area (Å²) in [6.45, 7) is 0. The van der Waals surface area contributed by atoms with Crippen LogP contribution in [0.15, 0.2) is 12.1 Å². The number of hydrogen-bond donors (Lipinski definition) is 2. The van der Waals surface area contributed by atoms with Crippen LogP contribution in [0.1, 0.15) is 5.56 Å². The minimum atomic E-state index is -4.86. The summed E-state index contributed by atoms with van der Waals surface area (Å²) in [6, 6.07) is 0.700. The molecule has 0 bridgehead atoms. The van der Waals surface area contributed by atoms with Crippen molar-refractivity contribution in [3.05, 3.63) is 27.8 Å². The van der Waals surface area contributed by atoms with E-state index in [9.17, 15) is 23.3 Å². The van der Waals surface area contributed by atoms with Crippen LogP contribution in [0.4, 0.5) is 24.5 Å². The Labute approximate surface area is 81.1 Å². The molecule has 0 aromatic heterocycles. The Bertz CT molecular complexity index is 417. The normalized spacial score (nSPS) is 11.4. The molecule has 1 aromatic carbocycles. The highest BCUT2D eigenvalue weighted by atomic mass is 19.4. The van der Waals surface area contributed by atoms with Crippen molar-refractivity contribution in [3.63, 3.8) is 0 Å². The van der Waals surface area contributed by atoms with Gasteiger partial charge in [0, 0.05) is 12.1 Å². The summed E-state index contributed by atoms with van der Waals surface area (Å²) in [7, 11) is 0.